The molecule has 112 valence electrons. The SMILES string of the molecule is CCCCCCCOC1CC2(CCC1O)OCCO2. The Morgan fingerprint density at radius 2 is 1.89 bits per heavy atom. The molecular formula is C15H28O4. The highest BCUT2D eigenvalue weighted by Gasteiger charge is 2.45. The van der Waals surface area contributed by atoms with Crippen molar-refractivity contribution in [2.45, 2.75) is 76.3 Å². The topological polar surface area (TPSA) is 47.9 Å². The van der Waals surface area contributed by atoms with Gasteiger partial charge in [-0.3, -0.25) is 0 Å². The van der Waals surface area contributed by atoms with Gasteiger partial charge in [0.2, 0.25) is 0 Å². The van der Waals surface area contributed by atoms with Crippen LogP contribution >= 0.6 is 0 Å². The Bertz CT molecular complexity index is 251. The Hall–Kier alpha value is -0.160. The van der Waals surface area contributed by atoms with Crippen LogP contribution in [0.15, 0.2) is 0 Å². The summed E-state index contributed by atoms with van der Waals surface area (Å²) in [5.41, 5.74) is 0. The molecule has 1 N–H and O–H groups in total. The minimum Gasteiger partial charge on any atom is -0.390 e. The smallest absolute Gasteiger partial charge is 0.171 e. The van der Waals surface area contributed by atoms with Crippen molar-refractivity contribution in [3.63, 3.8) is 0 Å². The molecular weight excluding hydrogens is 244 g/mol. The first-order valence-electron chi connectivity index (χ1n) is 7.83. The second-order valence-electron chi connectivity index (χ2n) is 5.74. The molecule has 0 aromatic heterocycles. The standard InChI is InChI=1S/C15H28O4/c1-2-3-4-5-6-9-17-14-12-15(8-7-13(14)16)18-10-11-19-15/h13-14,16H,2-12H2,1H3. The molecule has 2 aliphatic rings. The number of unbranched alkanes of at least 4 members (excludes halogenated alkanes) is 4. The maximum absolute atomic E-state index is 10.0. The number of hydrogen-bond acceptors (Lipinski definition) is 4. The van der Waals surface area contributed by atoms with Gasteiger partial charge in [-0.1, -0.05) is 32.6 Å². The van der Waals surface area contributed by atoms with E-state index in [9.17, 15) is 5.11 Å². The van der Waals surface area contributed by atoms with E-state index in [1.54, 1.807) is 0 Å². The quantitative estimate of drug-likeness (QED) is 0.724. The molecule has 2 rings (SSSR count). The maximum atomic E-state index is 10.0. The Labute approximate surface area is 116 Å². The molecule has 1 aliphatic heterocycles. The van der Waals surface area contributed by atoms with Crippen LogP contribution in [0.1, 0.15) is 58.3 Å². The minimum atomic E-state index is -0.466. The fourth-order valence-electron chi connectivity index (χ4n) is 2.97. The van der Waals surface area contributed by atoms with Crippen molar-refractivity contribution in [1.29, 1.82) is 0 Å². The van der Waals surface area contributed by atoms with Crippen molar-refractivity contribution in [1.82, 2.24) is 0 Å². The molecule has 4 nitrogen and oxygen atoms in total. The van der Waals surface area contributed by atoms with Gasteiger partial charge in [0.15, 0.2) is 5.79 Å². The van der Waals surface area contributed by atoms with Crippen molar-refractivity contribution in [3.05, 3.63) is 0 Å². The zero-order valence-electron chi connectivity index (χ0n) is 12.1. The first-order chi connectivity index (χ1) is 9.26. The average Bonchev–Trinajstić information content (AvgIpc) is 2.86. The summed E-state index contributed by atoms with van der Waals surface area (Å²) in [6, 6.07) is 0. The van der Waals surface area contributed by atoms with E-state index in [1.807, 2.05) is 0 Å². The van der Waals surface area contributed by atoms with Gasteiger partial charge in [-0.2, -0.15) is 0 Å². The van der Waals surface area contributed by atoms with Crippen molar-refractivity contribution in [2.24, 2.45) is 0 Å². The summed E-state index contributed by atoms with van der Waals surface area (Å²) >= 11 is 0. The van der Waals surface area contributed by atoms with Crippen molar-refractivity contribution >= 4 is 0 Å². The predicted octanol–water partition coefficient (Wildman–Crippen LogP) is 2.63. The van der Waals surface area contributed by atoms with Gasteiger partial charge in [0.1, 0.15) is 0 Å². The summed E-state index contributed by atoms with van der Waals surface area (Å²) in [6.07, 6.45) is 7.81. The van der Waals surface area contributed by atoms with Gasteiger partial charge in [0.05, 0.1) is 25.4 Å². The van der Waals surface area contributed by atoms with Crippen LogP contribution in [0.3, 0.4) is 0 Å². The van der Waals surface area contributed by atoms with Crippen molar-refractivity contribution in [2.75, 3.05) is 19.8 Å². The summed E-state index contributed by atoms with van der Waals surface area (Å²) in [5.74, 6) is -0.466. The van der Waals surface area contributed by atoms with Crippen LogP contribution in [0.2, 0.25) is 0 Å². The summed E-state index contributed by atoms with van der Waals surface area (Å²) in [6.45, 7) is 4.29. The van der Waals surface area contributed by atoms with E-state index in [0.717, 1.165) is 19.4 Å². The van der Waals surface area contributed by atoms with Gasteiger partial charge in [-0.25, -0.2) is 0 Å². The van der Waals surface area contributed by atoms with Crippen molar-refractivity contribution < 1.29 is 19.3 Å². The Kier molecular flexibility index (Phi) is 6.07. The lowest BCUT2D eigenvalue weighted by atomic mass is 9.89. The Morgan fingerprint density at radius 3 is 2.63 bits per heavy atom. The van der Waals surface area contributed by atoms with Crippen LogP contribution in [0.4, 0.5) is 0 Å². The Morgan fingerprint density at radius 1 is 1.16 bits per heavy atom. The molecule has 4 heteroatoms. The highest BCUT2D eigenvalue weighted by atomic mass is 16.7. The minimum absolute atomic E-state index is 0.127. The van der Waals surface area contributed by atoms with E-state index >= 15 is 0 Å². The first-order valence-corrected chi connectivity index (χ1v) is 7.83. The lowest BCUT2D eigenvalue weighted by Gasteiger charge is -2.38. The second kappa shape index (κ2) is 7.58. The molecule has 1 aliphatic carbocycles. The number of rotatable bonds is 7. The van der Waals surface area contributed by atoms with E-state index in [4.69, 9.17) is 14.2 Å². The van der Waals surface area contributed by atoms with E-state index in [1.165, 1.54) is 25.7 Å². The third-order valence-corrected chi connectivity index (χ3v) is 4.16. The molecule has 1 spiro atoms. The molecule has 2 unspecified atom stereocenters. The highest BCUT2D eigenvalue weighted by Crippen LogP contribution is 2.37. The maximum Gasteiger partial charge on any atom is 0.171 e. The normalized spacial score (nSPS) is 30.0. The average molecular weight is 272 g/mol. The number of hydrogen-bond donors (Lipinski definition) is 1. The fourth-order valence-corrected chi connectivity index (χ4v) is 2.97. The van der Waals surface area contributed by atoms with Crippen LogP contribution in [0.5, 0.6) is 0 Å². The molecule has 2 atom stereocenters. The van der Waals surface area contributed by atoms with Crippen LogP contribution in [-0.4, -0.2) is 42.9 Å². The van der Waals surface area contributed by atoms with Gasteiger partial charge in [-0.05, 0) is 12.8 Å². The summed E-state index contributed by atoms with van der Waals surface area (Å²) in [5, 5.41) is 10.0. The largest absolute Gasteiger partial charge is 0.390 e. The third-order valence-electron chi connectivity index (χ3n) is 4.16. The van der Waals surface area contributed by atoms with Gasteiger partial charge < -0.3 is 19.3 Å². The summed E-state index contributed by atoms with van der Waals surface area (Å²) in [4.78, 5) is 0. The van der Waals surface area contributed by atoms with Gasteiger partial charge >= 0.3 is 0 Å². The Balaban J connectivity index is 1.66. The molecule has 19 heavy (non-hydrogen) atoms. The van der Waals surface area contributed by atoms with E-state index in [0.29, 0.717) is 26.1 Å². The second-order valence-corrected chi connectivity index (χ2v) is 5.74. The van der Waals surface area contributed by atoms with Crippen LogP contribution in [0.25, 0.3) is 0 Å². The molecule has 0 aromatic carbocycles. The van der Waals surface area contributed by atoms with Crippen LogP contribution in [-0.2, 0) is 14.2 Å². The molecule has 1 heterocycles. The number of aliphatic hydroxyl groups excluding tert-OH is 1. The van der Waals surface area contributed by atoms with E-state index < -0.39 is 5.79 Å². The molecule has 0 amide bonds. The molecule has 2 fully saturated rings. The van der Waals surface area contributed by atoms with Crippen LogP contribution < -0.4 is 0 Å². The fraction of sp³-hybridized carbons (Fsp3) is 1.00. The first kappa shape index (κ1) is 15.2. The third kappa shape index (κ3) is 4.42. The predicted molar refractivity (Wildman–Crippen MR) is 73.0 cm³/mol. The van der Waals surface area contributed by atoms with Gasteiger partial charge in [0, 0.05) is 19.4 Å². The van der Waals surface area contributed by atoms with Gasteiger partial charge in [0.25, 0.3) is 0 Å². The number of aliphatic hydroxyl groups is 1. The zero-order chi connectivity index (χ0) is 13.6. The summed E-state index contributed by atoms with van der Waals surface area (Å²) in [7, 11) is 0. The van der Waals surface area contributed by atoms with Gasteiger partial charge in [-0.15, -0.1) is 0 Å². The number of ether oxygens (including phenoxy) is 3. The molecule has 1 saturated carbocycles. The monoisotopic (exact) mass is 272 g/mol. The lowest BCUT2D eigenvalue weighted by molar-refractivity contribution is -0.221. The summed E-state index contributed by atoms with van der Waals surface area (Å²) < 4.78 is 17.3. The van der Waals surface area contributed by atoms with E-state index in [-0.39, 0.29) is 12.2 Å². The van der Waals surface area contributed by atoms with E-state index in [2.05, 4.69) is 6.92 Å². The highest BCUT2D eigenvalue weighted by molar-refractivity contribution is 4.88. The molecule has 0 bridgehead atoms. The zero-order valence-corrected chi connectivity index (χ0v) is 12.1. The molecule has 0 radical (unpaired) electrons. The van der Waals surface area contributed by atoms with Crippen molar-refractivity contribution in [3.8, 4) is 0 Å². The molecule has 0 aromatic rings. The van der Waals surface area contributed by atoms with Crippen LogP contribution in [0, 0.1) is 0 Å². The lowest BCUT2D eigenvalue weighted by Crippen LogP contribution is -2.46. The molecule has 1 saturated heterocycles.